The number of nitrogen functional groups attached to an aromatic ring is 1. The number of rotatable bonds is 2. The molecule has 78 valence electrons. The minimum Gasteiger partial charge on any atom is -0.367 e. The Morgan fingerprint density at radius 1 is 1.21 bits per heavy atom. The Labute approximate surface area is 88.1 Å². The maximum Gasteiger partial charge on any atom is 0.233 e. The van der Waals surface area contributed by atoms with E-state index >= 15 is 0 Å². The summed E-state index contributed by atoms with van der Waals surface area (Å²) in [6.07, 6.45) is 7.89. The van der Waals surface area contributed by atoms with Crippen LogP contribution in [-0.4, -0.2) is 15.4 Å². The lowest BCUT2D eigenvalue weighted by Crippen LogP contribution is -2.17. The van der Waals surface area contributed by atoms with Crippen LogP contribution in [0.2, 0.25) is 0 Å². The summed E-state index contributed by atoms with van der Waals surface area (Å²) in [7, 11) is 0. The standard InChI is InChI=1S/C9H16N4S/c10-8-12-9(14-13-8)11-7-5-3-1-2-4-6-7/h7H,1-6H2,(H3,10,11,12,13). The highest BCUT2D eigenvalue weighted by atomic mass is 32.1. The Bertz CT molecular complexity index is 278. The lowest BCUT2D eigenvalue weighted by atomic mass is 10.1. The molecule has 1 aliphatic carbocycles. The zero-order valence-electron chi connectivity index (χ0n) is 8.20. The number of anilines is 2. The Kier molecular flexibility index (Phi) is 3.18. The summed E-state index contributed by atoms with van der Waals surface area (Å²) in [5.41, 5.74) is 5.46. The minimum atomic E-state index is 0.381. The maximum absolute atomic E-state index is 5.46. The van der Waals surface area contributed by atoms with Crippen molar-refractivity contribution in [2.45, 2.75) is 44.6 Å². The van der Waals surface area contributed by atoms with Crippen LogP contribution in [0.4, 0.5) is 11.1 Å². The van der Waals surface area contributed by atoms with Crippen molar-refractivity contribution < 1.29 is 0 Å². The molecule has 0 aromatic carbocycles. The second kappa shape index (κ2) is 4.59. The molecule has 5 heteroatoms. The van der Waals surface area contributed by atoms with Crippen molar-refractivity contribution in [3.05, 3.63) is 0 Å². The molecule has 0 saturated heterocycles. The molecule has 1 saturated carbocycles. The van der Waals surface area contributed by atoms with Gasteiger partial charge in [0.1, 0.15) is 0 Å². The highest BCUT2D eigenvalue weighted by Crippen LogP contribution is 2.22. The number of nitrogens with two attached hydrogens (primary N) is 1. The van der Waals surface area contributed by atoms with Gasteiger partial charge >= 0.3 is 0 Å². The molecule has 1 heterocycles. The molecule has 1 aromatic heterocycles. The van der Waals surface area contributed by atoms with Crippen molar-refractivity contribution in [2.75, 3.05) is 11.1 Å². The minimum absolute atomic E-state index is 0.381. The first-order chi connectivity index (χ1) is 6.84. The summed E-state index contributed by atoms with van der Waals surface area (Å²) >= 11 is 1.35. The first-order valence-electron chi connectivity index (χ1n) is 5.20. The molecule has 0 amide bonds. The third-order valence-corrected chi connectivity index (χ3v) is 3.28. The van der Waals surface area contributed by atoms with Gasteiger partial charge in [-0.15, -0.1) is 0 Å². The number of nitrogens with zero attached hydrogens (tertiary/aromatic N) is 2. The van der Waals surface area contributed by atoms with Crippen LogP contribution in [0.5, 0.6) is 0 Å². The zero-order valence-corrected chi connectivity index (χ0v) is 9.02. The maximum atomic E-state index is 5.46. The van der Waals surface area contributed by atoms with Crippen LogP contribution in [0.3, 0.4) is 0 Å². The van der Waals surface area contributed by atoms with Gasteiger partial charge in [0.2, 0.25) is 11.1 Å². The van der Waals surface area contributed by atoms with Gasteiger partial charge in [0.05, 0.1) is 0 Å². The molecule has 4 nitrogen and oxygen atoms in total. The van der Waals surface area contributed by atoms with Crippen LogP contribution < -0.4 is 11.1 Å². The normalized spacial score (nSPS) is 19.1. The largest absolute Gasteiger partial charge is 0.367 e. The summed E-state index contributed by atoms with van der Waals surface area (Å²) in [4.78, 5) is 4.11. The van der Waals surface area contributed by atoms with E-state index in [1.807, 2.05) is 0 Å². The van der Waals surface area contributed by atoms with Crippen molar-refractivity contribution >= 4 is 22.6 Å². The molecular weight excluding hydrogens is 196 g/mol. The Morgan fingerprint density at radius 2 is 1.93 bits per heavy atom. The van der Waals surface area contributed by atoms with E-state index in [1.165, 1.54) is 50.1 Å². The molecule has 14 heavy (non-hydrogen) atoms. The van der Waals surface area contributed by atoms with Crippen LogP contribution in [0.25, 0.3) is 0 Å². The summed E-state index contributed by atoms with van der Waals surface area (Å²) in [5.74, 6) is 0.381. The molecule has 1 aromatic rings. The fourth-order valence-corrected chi connectivity index (χ4v) is 2.47. The molecule has 1 fully saturated rings. The third-order valence-electron chi connectivity index (χ3n) is 2.62. The third kappa shape index (κ3) is 2.57. The SMILES string of the molecule is Nc1nsc(NC2CCCCCC2)n1. The monoisotopic (exact) mass is 212 g/mol. The van der Waals surface area contributed by atoms with Crippen LogP contribution in [0, 0.1) is 0 Å². The quantitative estimate of drug-likeness (QED) is 0.738. The van der Waals surface area contributed by atoms with E-state index in [2.05, 4.69) is 14.7 Å². The average molecular weight is 212 g/mol. The number of hydrogen-bond donors (Lipinski definition) is 2. The van der Waals surface area contributed by atoms with Crippen molar-refractivity contribution in [1.29, 1.82) is 0 Å². The van der Waals surface area contributed by atoms with Gasteiger partial charge < -0.3 is 11.1 Å². The van der Waals surface area contributed by atoms with Gasteiger partial charge in [-0.3, -0.25) is 0 Å². The molecule has 0 aliphatic heterocycles. The van der Waals surface area contributed by atoms with Crippen LogP contribution >= 0.6 is 11.5 Å². The van der Waals surface area contributed by atoms with Crippen molar-refractivity contribution in [2.24, 2.45) is 0 Å². The van der Waals surface area contributed by atoms with Crippen molar-refractivity contribution in [3.8, 4) is 0 Å². The van der Waals surface area contributed by atoms with Crippen LogP contribution in [0.15, 0.2) is 0 Å². The molecule has 0 radical (unpaired) electrons. The lowest BCUT2D eigenvalue weighted by molar-refractivity contribution is 0.619. The Balaban J connectivity index is 1.89. The fourth-order valence-electron chi connectivity index (χ4n) is 1.89. The van der Waals surface area contributed by atoms with Gasteiger partial charge in [-0.05, 0) is 12.8 Å². The second-order valence-electron chi connectivity index (χ2n) is 3.79. The average Bonchev–Trinajstić information content (AvgIpc) is 2.43. The Morgan fingerprint density at radius 3 is 2.50 bits per heavy atom. The van der Waals surface area contributed by atoms with E-state index in [0.717, 1.165) is 5.13 Å². The first-order valence-corrected chi connectivity index (χ1v) is 5.97. The first kappa shape index (κ1) is 9.71. The second-order valence-corrected chi connectivity index (χ2v) is 4.54. The molecule has 2 rings (SSSR count). The number of aromatic nitrogens is 2. The predicted octanol–water partition coefficient (Wildman–Crippen LogP) is 2.25. The highest BCUT2D eigenvalue weighted by Gasteiger charge is 2.13. The molecule has 0 unspecified atom stereocenters. The van der Waals surface area contributed by atoms with E-state index in [9.17, 15) is 0 Å². The topological polar surface area (TPSA) is 63.8 Å². The van der Waals surface area contributed by atoms with Gasteiger partial charge in [0.15, 0.2) is 0 Å². The molecule has 1 aliphatic rings. The number of nitrogens with one attached hydrogen (secondary N) is 1. The van der Waals surface area contributed by atoms with Gasteiger partial charge in [0.25, 0.3) is 0 Å². The fraction of sp³-hybridized carbons (Fsp3) is 0.778. The van der Waals surface area contributed by atoms with Gasteiger partial charge in [-0.1, -0.05) is 25.7 Å². The predicted molar refractivity (Wildman–Crippen MR) is 59.4 cm³/mol. The highest BCUT2D eigenvalue weighted by molar-refractivity contribution is 7.09. The summed E-state index contributed by atoms with van der Waals surface area (Å²) in [5, 5.41) is 4.28. The molecular formula is C9H16N4S. The van der Waals surface area contributed by atoms with Gasteiger partial charge in [-0.2, -0.15) is 9.36 Å². The van der Waals surface area contributed by atoms with E-state index in [1.54, 1.807) is 0 Å². The molecule has 3 N–H and O–H groups in total. The zero-order chi connectivity index (χ0) is 9.80. The van der Waals surface area contributed by atoms with Crippen molar-refractivity contribution in [3.63, 3.8) is 0 Å². The Hall–Kier alpha value is -0.840. The van der Waals surface area contributed by atoms with E-state index in [4.69, 9.17) is 5.73 Å². The smallest absolute Gasteiger partial charge is 0.233 e. The lowest BCUT2D eigenvalue weighted by Gasteiger charge is -2.14. The van der Waals surface area contributed by atoms with E-state index in [0.29, 0.717) is 12.0 Å². The molecule has 0 bridgehead atoms. The van der Waals surface area contributed by atoms with Gasteiger partial charge in [0, 0.05) is 17.6 Å². The van der Waals surface area contributed by atoms with Crippen molar-refractivity contribution in [1.82, 2.24) is 9.36 Å². The van der Waals surface area contributed by atoms with E-state index < -0.39 is 0 Å². The summed E-state index contributed by atoms with van der Waals surface area (Å²) in [6.45, 7) is 0. The van der Waals surface area contributed by atoms with Crippen LogP contribution in [0.1, 0.15) is 38.5 Å². The van der Waals surface area contributed by atoms with Crippen LogP contribution in [-0.2, 0) is 0 Å². The molecule has 0 spiro atoms. The van der Waals surface area contributed by atoms with E-state index in [-0.39, 0.29) is 0 Å². The number of hydrogen-bond acceptors (Lipinski definition) is 5. The molecule has 0 atom stereocenters. The van der Waals surface area contributed by atoms with Gasteiger partial charge in [-0.25, -0.2) is 0 Å². The summed E-state index contributed by atoms with van der Waals surface area (Å²) < 4.78 is 3.95. The summed E-state index contributed by atoms with van der Waals surface area (Å²) in [6, 6.07) is 0.574.